The zero-order valence-corrected chi connectivity index (χ0v) is 9.38. The Bertz CT molecular complexity index is 226. The molecule has 0 aromatic rings. The fourth-order valence-electron chi connectivity index (χ4n) is 1.05. The summed E-state index contributed by atoms with van der Waals surface area (Å²) in [5.74, 6) is -2.23. The molecule has 0 radical (unpaired) electrons. The van der Waals surface area contributed by atoms with Crippen LogP contribution in [0.4, 0.5) is 0 Å². The summed E-state index contributed by atoms with van der Waals surface area (Å²) in [6, 6.07) is -1.11. The average molecular weight is 235 g/mol. The van der Waals surface area contributed by atoms with Crippen LogP contribution in [0.2, 0.25) is 0 Å². The highest BCUT2D eigenvalue weighted by molar-refractivity contribution is 5.74. The zero-order valence-electron chi connectivity index (χ0n) is 9.38. The molecular formula is C9H17NO6. The lowest BCUT2D eigenvalue weighted by atomic mass is 10.2. The van der Waals surface area contributed by atoms with Crippen LogP contribution in [0.25, 0.3) is 0 Å². The number of hydrogen-bond donors (Lipinski definition) is 2. The highest BCUT2D eigenvalue weighted by Crippen LogP contribution is 2.09. The number of carboxylic acids is 2. The Morgan fingerprint density at radius 2 is 1.69 bits per heavy atom. The van der Waals surface area contributed by atoms with Crippen LogP contribution < -0.4 is 0 Å². The van der Waals surface area contributed by atoms with E-state index in [2.05, 4.69) is 0 Å². The molecule has 7 heteroatoms. The lowest BCUT2D eigenvalue weighted by Gasteiger charge is -2.25. The summed E-state index contributed by atoms with van der Waals surface area (Å²) in [6.45, 7) is 3.86. The Kier molecular flexibility index (Phi) is 7.44. The van der Waals surface area contributed by atoms with E-state index < -0.39 is 18.0 Å². The maximum atomic E-state index is 10.9. The third-order valence-electron chi connectivity index (χ3n) is 1.68. The van der Waals surface area contributed by atoms with Crippen molar-refractivity contribution in [3.8, 4) is 0 Å². The maximum absolute atomic E-state index is 10.9. The lowest BCUT2D eigenvalue weighted by molar-refractivity contribution is -0.381. The first kappa shape index (κ1) is 14.8. The lowest BCUT2D eigenvalue weighted by Crippen LogP contribution is -2.41. The molecule has 1 unspecified atom stereocenters. The summed E-state index contributed by atoms with van der Waals surface area (Å²) in [5.41, 5.74) is 0. The quantitative estimate of drug-likeness (QED) is 0.562. The smallest absolute Gasteiger partial charge is 0.325 e. The number of rotatable bonds is 9. The fraction of sp³-hybridized carbons (Fsp3) is 0.778. The second-order valence-corrected chi connectivity index (χ2v) is 2.91. The first-order chi connectivity index (χ1) is 7.52. The van der Waals surface area contributed by atoms with E-state index in [0.717, 1.165) is 5.23 Å². The molecule has 0 amide bonds. The van der Waals surface area contributed by atoms with Crippen molar-refractivity contribution < 1.29 is 29.5 Å². The first-order valence-corrected chi connectivity index (χ1v) is 5.02. The van der Waals surface area contributed by atoms with Crippen molar-refractivity contribution >= 4 is 11.9 Å². The average Bonchev–Trinajstić information content (AvgIpc) is 2.17. The Balaban J connectivity index is 4.43. The molecule has 0 saturated carbocycles. The minimum Gasteiger partial charge on any atom is -0.481 e. The highest BCUT2D eigenvalue weighted by Gasteiger charge is 2.28. The van der Waals surface area contributed by atoms with Gasteiger partial charge in [0.05, 0.1) is 13.2 Å². The largest absolute Gasteiger partial charge is 0.481 e. The van der Waals surface area contributed by atoms with Crippen molar-refractivity contribution in [2.24, 2.45) is 0 Å². The standard InChI is InChI=1S/C9H17NO6/c1-3-15-10(16-4-2)7(9(13)14)5-6-8(11)12/h7H,3-6H2,1-2H3,(H,11,12)(H,13,14). The number of aliphatic carboxylic acids is 2. The fourth-order valence-corrected chi connectivity index (χ4v) is 1.05. The van der Waals surface area contributed by atoms with Gasteiger partial charge in [0.2, 0.25) is 0 Å². The van der Waals surface area contributed by atoms with Gasteiger partial charge in [0.1, 0.15) is 0 Å². The van der Waals surface area contributed by atoms with Crippen molar-refractivity contribution in [3.63, 3.8) is 0 Å². The molecule has 94 valence electrons. The summed E-state index contributed by atoms with van der Waals surface area (Å²) in [4.78, 5) is 31.2. The van der Waals surface area contributed by atoms with Crippen LogP contribution in [-0.2, 0) is 19.3 Å². The second-order valence-electron chi connectivity index (χ2n) is 2.91. The van der Waals surface area contributed by atoms with Gasteiger partial charge in [-0.25, -0.2) is 0 Å². The van der Waals surface area contributed by atoms with Crippen molar-refractivity contribution in [2.45, 2.75) is 32.7 Å². The monoisotopic (exact) mass is 235 g/mol. The van der Waals surface area contributed by atoms with Gasteiger partial charge in [-0.05, 0) is 20.3 Å². The molecule has 0 aliphatic rings. The summed E-state index contributed by atoms with van der Waals surface area (Å²) in [7, 11) is 0. The topological polar surface area (TPSA) is 96.3 Å². The summed E-state index contributed by atoms with van der Waals surface area (Å²) in [6.07, 6.45) is -0.335. The molecule has 0 aromatic carbocycles. The van der Waals surface area contributed by atoms with Crippen molar-refractivity contribution in [2.75, 3.05) is 13.2 Å². The second kappa shape index (κ2) is 8.03. The third kappa shape index (κ3) is 5.64. The Hall–Kier alpha value is -1.18. The summed E-state index contributed by atoms with van der Waals surface area (Å²) in [5, 5.41) is 18.3. The summed E-state index contributed by atoms with van der Waals surface area (Å²) >= 11 is 0. The number of hydroxylamine groups is 2. The molecule has 0 heterocycles. The third-order valence-corrected chi connectivity index (χ3v) is 1.68. The van der Waals surface area contributed by atoms with Crippen LogP contribution in [0.1, 0.15) is 26.7 Å². The molecule has 0 aliphatic carbocycles. The van der Waals surface area contributed by atoms with Gasteiger partial charge in [-0.2, -0.15) is 0 Å². The van der Waals surface area contributed by atoms with E-state index in [0.29, 0.717) is 0 Å². The van der Waals surface area contributed by atoms with Gasteiger partial charge in [0.15, 0.2) is 6.04 Å². The van der Waals surface area contributed by atoms with E-state index in [9.17, 15) is 9.59 Å². The van der Waals surface area contributed by atoms with Crippen LogP contribution in [0.5, 0.6) is 0 Å². The normalized spacial score (nSPS) is 12.7. The highest BCUT2D eigenvalue weighted by atomic mass is 16.9. The molecular weight excluding hydrogens is 218 g/mol. The molecule has 7 nitrogen and oxygen atoms in total. The first-order valence-electron chi connectivity index (χ1n) is 5.02. The molecule has 16 heavy (non-hydrogen) atoms. The molecule has 0 aromatic heterocycles. The number of nitrogens with zero attached hydrogens (tertiary/aromatic N) is 1. The van der Waals surface area contributed by atoms with Crippen LogP contribution >= 0.6 is 0 Å². The van der Waals surface area contributed by atoms with Gasteiger partial charge in [0, 0.05) is 6.42 Å². The molecule has 0 bridgehead atoms. The van der Waals surface area contributed by atoms with Crippen molar-refractivity contribution in [1.82, 2.24) is 5.23 Å². The number of carbonyl (C=O) groups is 2. The minimum atomic E-state index is -1.18. The predicted molar refractivity (Wildman–Crippen MR) is 53.4 cm³/mol. The van der Waals surface area contributed by atoms with Gasteiger partial charge in [-0.3, -0.25) is 19.3 Å². The van der Waals surface area contributed by atoms with E-state index in [1.54, 1.807) is 13.8 Å². The number of hydrogen-bond acceptors (Lipinski definition) is 5. The molecule has 0 spiro atoms. The van der Waals surface area contributed by atoms with Crippen LogP contribution in [0, 0.1) is 0 Å². The van der Waals surface area contributed by atoms with Crippen LogP contribution in [0.3, 0.4) is 0 Å². The number of carboxylic acid groups (broad SMARTS) is 2. The SMILES string of the molecule is CCON(OCC)C(CCC(=O)O)C(=O)O. The summed E-state index contributed by atoms with van der Waals surface area (Å²) < 4.78 is 0. The zero-order chi connectivity index (χ0) is 12.6. The predicted octanol–water partition coefficient (Wildman–Crippen LogP) is 0.509. The van der Waals surface area contributed by atoms with E-state index in [-0.39, 0.29) is 26.1 Å². The molecule has 0 fully saturated rings. The molecule has 1 atom stereocenters. The molecule has 2 N–H and O–H groups in total. The van der Waals surface area contributed by atoms with E-state index in [1.807, 2.05) is 0 Å². The Labute approximate surface area is 93.5 Å². The van der Waals surface area contributed by atoms with Crippen molar-refractivity contribution in [1.29, 1.82) is 0 Å². The van der Waals surface area contributed by atoms with E-state index >= 15 is 0 Å². The Morgan fingerprint density at radius 1 is 1.19 bits per heavy atom. The van der Waals surface area contributed by atoms with E-state index in [4.69, 9.17) is 19.9 Å². The maximum Gasteiger partial charge on any atom is 0.325 e. The van der Waals surface area contributed by atoms with Gasteiger partial charge >= 0.3 is 11.9 Å². The van der Waals surface area contributed by atoms with Crippen LogP contribution in [0.15, 0.2) is 0 Å². The van der Waals surface area contributed by atoms with Gasteiger partial charge < -0.3 is 10.2 Å². The minimum absolute atomic E-state index is 0.0787. The molecule has 0 saturated heterocycles. The van der Waals surface area contributed by atoms with Gasteiger partial charge in [-0.1, -0.05) is 5.23 Å². The molecule has 0 aliphatic heterocycles. The van der Waals surface area contributed by atoms with Crippen LogP contribution in [-0.4, -0.2) is 46.6 Å². The van der Waals surface area contributed by atoms with Crippen molar-refractivity contribution in [3.05, 3.63) is 0 Å². The Morgan fingerprint density at radius 3 is 2.00 bits per heavy atom. The molecule has 0 rings (SSSR count). The van der Waals surface area contributed by atoms with E-state index in [1.165, 1.54) is 0 Å². The van der Waals surface area contributed by atoms with Gasteiger partial charge in [-0.15, -0.1) is 0 Å². The van der Waals surface area contributed by atoms with Gasteiger partial charge in [0.25, 0.3) is 0 Å².